The quantitative estimate of drug-likeness (QED) is 0.626. The van der Waals surface area contributed by atoms with E-state index in [1.165, 1.54) is 0 Å². The van der Waals surface area contributed by atoms with Crippen molar-refractivity contribution in [3.63, 3.8) is 0 Å². The van der Waals surface area contributed by atoms with Crippen LogP contribution in [0, 0.1) is 12.8 Å². The first-order valence-corrected chi connectivity index (χ1v) is 5.90. The molecule has 0 aromatic heterocycles. The lowest BCUT2D eigenvalue weighted by atomic mass is 10.1. The summed E-state index contributed by atoms with van der Waals surface area (Å²) in [7, 11) is 0. The van der Waals surface area contributed by atoms with Crippen molar-refractivity contribution in [2.75, 3.05) is 6.54 Å². The van der Waals surface area contributed by atoms with Crippen LogP contribution in [0.25, 0.3) is 0 Å². The molecule has 0 saturated carbocycles. The van der Waals surface area contributed by atoms with E-state index >= 15 is 0 Å². The lowest BCUT2D eigenvalue weighted by Crippen LogP contribution is -2.32. The number of hydrogen-bond acceptors (Lipinski definition) is 2. The second-order valence-corrected chi connectivity index (χ2v) is 4.63. The zero-order valence-corrected chi connectivity index (χ0v) is 10.6. The summed E-state index contributed by atoms with van der Waals surface area (Å²) in [6, 6.07) is 7.02. The minimum Gasteiger partial charge on any atom is -0.349 e. The van der Waals surface area contributed by atoms with Crippen molar-refractivity contribution in [2.24, 2.45) is 5.92 Å². The average Bonchev–Trinajstić information content (AvgIpc) is 2.28. The van der Waals surface area contributed by atoms with Crippen LogP contribution in [0.4, 0.5) is 0 Å². The van der Waals surface area contributed by atoms with Gasteiger partial charge in [0.25, 0.3) is 5.91 Å². The maximum atomic E-state index is 11.7. The Morgan fingerprint density at radius 2 is 1.76 bits per heavy atom. The van der Waals surface area contributed by atoms with E-state index in [0.29, 0.717) is 18.0 Å². The summed E-state index contributed by atoms with van der Waals surface area (Å²) < 4.78 is 0. The molecule has 0 aliphatic heterocycles. The van der Waals surface area contributed by atoms with Crippen LogP contribution in [0.1, 0.15) is 36.2 Å². The number of Topliss-reactive ketones (excluding diaryl/α,β-unsaturated/α-hetero) is 1. The first-order chi connectivity index (χ1) is 8.00. The molecule has 0 saturated heterocycles. The molecule has 0 fully saturated rings. The number of nitrogens with one attached hydrogen (secondary N) is 1. The van der Waals surface area contributed by atoms with Gasteiger partial charge in [0.1, 0.15) is 0 Å². The summed E-state index contributed by atoms with van der Waals surface area (Å²) in [5.41, 5.74) is 1.51. The van der Waals surface area contributed by atoms with Gasteiger partial charge in [-0.05, 0) is 19.3 Å². The predicted molar refractivity (Wildman–Crippen MR) is 68.0 cm³/mol. The van der Waals surface area contributed by atoms with Gasteiger partial charge in [0.15, 0.2) is 0 Å². The average molecular weight is 233 g/mol. The normalized spacial score (nSPS) is 10.4. The van der Waals surface area contributed by atoms with Gasteiger partial charge >= 0.3 is 0 Å². The summed E-state index contributed by atoms with van der Waals surface area (Å²) in [6.07, 6.45) is 0.882. The third-order valence-corrected chi connectivity index (χ3v) is 2.53. The summed E-state index contributed by atoms with van der Waals surface area (Å²) in [5.74, 6) is -0.465. The van der Waals surface area contributed by atoms with Crippen molar-refractivity contribution < 1.29 is 9.59 Å². The molecule has 0 heterocycles. The first kappa shape index (κ1) is 13.4. The van der Waals surface area contributed by atoms with Crippen molar-refractivity contribution in [3.05, 3.63) is 35.4 Å². The fourth-order valence-electron chi connectivity index (χ4n) is 1.39. The molecular formula is C14H19NO2. The molecule has 3 nitrogen and oxygen atoms in total. The van der Waals surface area contributed by atoms with E-state index in [0.717, 1.165) is 12.0 Å². The summed E-state index contributed by atoms with van der Waals surface area (Å²) in [4.78, 5) is 23.3. The molecule has 0 radical (unpaired) electrons. The SMILES string of the molecule is Cc1ccc(C(=O)C(=O)NCCC(C)C)cc1. The van der Waals surface area contributed by atoms with Crippen molar-refractivity contribution in [1.82, 2.24) is 5.32 Å². The van der Waals surface area contributed by atoms with Gasteiger partial charge in [0.2, 0.25) is 5.78 Å². The number of rotatable bonds is 5. The van der Waals surface area contributed by atoms with Crippen LogP contribution >= 0.6 is 0 Å². The minimum absolute atomic E-state index is 0.442. The van der Waals surface area contributed by atoms with E-state index in [1.807, 2.05) is 19.1 Å². The second-order valence-electron chi connectivity index (χ2n) is 4.63. The molecule has 0 aliphatic rings. The fraction of sp³-hybridized carbons (Fsp3) is 0.429. The van der Waals surface area contributed by atoms with Crippen LogP contribution in [-0.4, -0.2) is 18.2 Å². The molecule has 0 unspecified atom stereocenters. The van der Waals surface area contributed by atoms with Crippen molar-refractivity contribution in [2.45, 2.75) is 27.2 Å². The van der Waals surface area contributed by atoms with E-state index in [2.05, 4.69) is 19.2 Å². The molecule has 3 heteroatoms. The number of aryl methyl sites for hydroxylation is 1. The van der Waals surface area contributed by atoms with Gasteiger partial charge in [-0.25, -0.2) is 0 Å². The van der Waals surface area contributed by atoms with Crippen LogP contribution in [0.3, 0.4) is 0 Å². The van der Waals surface area contributed by atoms with Gasteiger partial charge in [0.05, 0.1) is 0 Å². The molecule has 17 heavy (non-hydrogen) atoms. The second kappa shape index (κ2) is 6.18. The van der Waals surface area contributed by atoms with Crippen LogP contribution in [0.15, 0.2) is 24.3 Å². The molecule has 92 valence electrons. The highest BCUT2D eigenvalue weighted by Crippen LogP contribution is 2.04. The van der Waals surface area contributed by atoms with Gasteiger partial charge < -0.3 is 5.32 Å². The molecule has 1 N–H and O–H groups in total. The third-order valence-electron chi connectivity index (χ3n) is 2.53. The first-order valence-electron chi connectivity index (χ1n) is 5.90. The number of hydrogen-bond donors (Lipinski definition) is 1. The Morgan fingerprint density at radius 3 is 2.29 bits per heavy atom. The van der Waals surface area contributed by atoms with Crippen LogP contribution in [0.5, 0.6) is 0 Å². The predicted octanol–water partition coefficient (Wildman–Crippen LogP) is 2.34. The van der Waals surface area contributed by atoms with Gasteiger partial charge in [-0.3, -0.25) is 9.59 Å². The van der Waals surface area contributed by atoms with E-state index in [1.54, 1.807) is 12.1 Å². The van der Waals surface area contributed by atoms with Gasteiger partial charge in [-0.15, -0.1) is 0 Å². The number of ketones is 1. The van der Waals surface area contributed by atoms with Gasteiger partial charge in [-0.2, -0.15) is 0 Å². The van der Waals surface area contributed by atoms with E-state index in [9.17, 15) is 9.59 Å². The van der Waals surface area contributed by atoms with E-state index in [4.69, 9.17) is 0 Å². The molecule has 1 aromatic rings. The van der Waals surface area contributed by atoms with E-state index < -0.39 is 11.7 Å². The lowest BCUT2D eigenvalue weighted by Gasteiger charge is -2.06. The Kier molecular flexibility index (Phi) is 4.88. The Labute approximate surface area is 102 Å². The molecule has 1 aromatic carbocycles. The zero-order chi connectivity index (χ0) is 12.8. The molecule has 0 aliphatic carbocycles. The molecular weight excluding hydrogens is 214 g/mol. The highest BCUT2D eigenvalue weighted by Gasteiger charge is 2.15. The maximum Gasteiger partial charge on any atom is 0.292 e. The number of benzene rings is 1. The topological polar surface area (TPSA) is 46.2 Å². The largest absolute Gasteiger partial charge is 0.349 e. The fourth-order valence-corrected chi connectivity index (χ4v) is 1.39. The third kappa shape index (κ3) is 4.39. The minimum atomic E-state index is -0.519. The van der Waals surface area contributed by atoms with Crippen LogP contribution in [0.2, 0.25) is 0 Å². The zero-order valence-electron chi connectivity index (χ0n) is 10.6. The molecule has 0 spiro atoms. The molecule has 1 rings (SSSR count). The standard InChI is InChI=1S/C14H19NO2/c1-10(2)8-9-15-14(17)13(16)12-6-4-11(3)5-7-12/h4-7,10H,8-9H2,1-3H3,(H,15,17). The van der Waals surface area contributed by atoms with Gasteiger partial charge in [-0.1, -0.05) is 43.7 Å². The molecule has 0 atom stereocenters. The van der Waals surface area contributed by atoms with Crippen molar-refractivity contribution >= 4 is 11.7 Å². The number of amides is 1. The summed E-state index contributed by atoms with van der Waals surface area (Å²) in [5, 5.41) is 2.64. The van der Waals surface area contributed by atoms with Gasteiger partial charge in [0, 0.05) is 12.1 Å². The summed E-state index contributed by atoms with van der Waals surface area (Å²) in [6.45, 7) is 6.65. The van der Waals surface area contributed by atoms with Crippen LogP contribution in [-0.2, 0) is 4.79 Å². The highest BCUT2D eigenvalue weighted by atomic mass is 16.2. The van der Waals surface area contributed by atoms with Crippen molar-refractivity contribution in [3.8, 4) is 0 Å². The Hall–Kier alpha value is -1.64. The number of carbonyl (C=O) groups is 2. The van der Waals surface area contributed by atoms with Crippen LogP contribution < -0.4 is 5.32 Å². The monoisotopic (exact) mass is 233 g/mol. The molecule has 1 amide bonds. The summed E-state index contributed by atoms with van der Waals surface area (Å²) >= 11 is 0. The Morgan fingerprint density at radius 1 is 1.18 bits per heavy atom. The maximum absolute atomic E-state index is 11.7. The number of carbonyl (C=O) groups excluding carboxylic acids is 2. The highest BCUT2D eigenvalue weighted by molar-refractivity contribution is 6.42. The lowest BCUT2D eigenvalue weighted by molar-refractivity contribution is -0.117. The van der Waals surface area contributed by atoms with Crippen molar-refractivity contribution in [1.29, 1.82) is 0 Å². The Bertz CT molecular complexity index is 393. The smallest absolute Gasteiger partial charge is 0.292 e. The Balaban J connectivity index is 2.52. The molecule has 0 bridgehead atoms. The van der Waals surface area contributed by atoms with E-state index in [-0.39, 0.29) is 0 Å².